The highest BCUT2D eigenvalue weighted by Gasteiger charge is 2.45. The van der Waals surface area contributed by atoms with Crippen molar-refractivity contribution in [3.05, 3.63) is 53.1 Å². The van der Waals surface area contributed by atoms with E-state index in [1.165, 1.54) is 14.2 Å². The summed E-state index contributed by atoms with van der Waals surface area (Å²) in [7, 11) is 10.8. The third kappa shape index (κ3) is 8.42. The molecule has 4 N–H and O–H groups in total. The molecule has 15 nitrogen and oxygen atoms in total. The van der Waals surface area contributed by atoms with Crippen LogP contribution in [-0.4, -0.2) is 114 Å². The van der Waals surface area contributed by atoms with Gasteiger partial charge in [-0.1, -0.05) is 13.8 Å². The standard InChI is InChI=1S/C40H54O15/c1-19(11-22-12-25(45-4)39(26(13-22)46-5)55-40-34(44)33(43)32(42)31(18-41)53-40)52-38-29(49-8)16-24(17-30(38)50-9)36-21(3)20(2)35(54-36)23-14-27(47-6)37(51-10)28(15-23)48-7/h12-17,19-21,31-36,40-44H,11,18H2,1-10H3/t19-,20-,21-,31+,32+,33-,34+,35-,36-,40-/m0/s1. The van der Waals surface area contributed by atoms with E-state index in [1.807, 2.05) is 31.2 Å². The van der Waals surface area contributed by atoms with Crippen LogP contribution in [0.25, 0.3) is 0 Å². The van der Waals surface area contributed by atoms with Crippen LogP contribution in [0.3, 0.4) is 0 Å². The topological polar surface area (TPSA) is 182 Å². The van der Waals surface area contributed by atoms with Gasteiger partial charge in [0.05, 0.1) is 68.6 Å². The molecule has 3 aromatic rings. The van der Waals surface area contributed by atoms with E-state index in [9.17, 15) is 20.4 Å². The fraction of sp³-hybridized carbons (Fsp3) is 0.550. The lowest BCUT2D eigenvalue weighted by molar-refractivity contribution is -0.277. The number of ether oxygens (including phenoxy) is 11. The fourth-order valence-corrected chi connectivity index (χ4v) is 7.19. The maximum absolute atomic E-state index is 10.5. The van der Waals surface area contributed by atoms with Crippen LogP contribution < -0.4 is 42.6 Å². The van der Waals surface area contributed by atoms with Crippen molar-refractivity contribution in [1.29, 1.82) is 0 Å². The van der Waals surface area contributed by atoms with E-state index in [2.05, 4.69) is 13.8 Å². The molecule has 0 amide bonds. The molecular weight excluding hydrogens is 720 g/mol. The smallest absolute Gasteiger partial charge is 0.229 e. The van der Waals surface area contributed by atoms with Gasteiger partial charge in [0, 0.05) is 6.42 Å². The third-order valence-corrected chi connectivity index (χ3v) is 10.3. The molecule has 2 heterocycles. The van der Waals surface area contributed by atoms with Crippen molar-refractivity contribution in [2.75, 3.05) is 56.4 Å². The number of benzene rings is 3. The Labute approximate surface area is 321 Å². The van der Waals surface area contributed by atoms with Crippen LogP contribution in [0, 0.1) is 11.8 Å². The van der Waals surface area contributed by atoms with E-state index in [0.717, 1.165) is 16.7 Å². The summed E-state index contributed by atoms with van der Waals surface area (Å²) in [5.74, 6) is 3.82. The first-order chi connectivity index (χ1) is 26.4. The quantitative estimate of drug-likeness (QED) is 0.164. The molecule has 2 aliphatic rings. The van der Waals surface area contributed by atoms with E-state index in [1.54, 1.807) is 47.7 Å². The molecule has 304 valence electrons. The number of aliphatic hydroxyl groups is 4. The predicted octanol–water partition coefficient (Wildman–Crippen LogP) is 4.02. The molecule has 0 radical (unpaired) electrons. The molecule has 0 aromatic heterocycles. The molecule has 2 fully saturated rings. The Bertz CT molecular complexity index is 1670. The Kier molecular flexibility index (Phi) is 13.7. The van der Waals surface area contributed by atoms with Crippen LogP contribution in [0.4, 0.5) is 0 Å². The molecule has 0 unspecified atom stereocenters. The van der Waals surface area contributed by atoms with Gasteiger partial charge < -0.3 is 72.5 Å². The lowest BCUT2D eigenvalue weighted by Crippen LogP contribution is -2.60. The average Bonchev–Trinajstić information content (AvgIpc) is 3.50. The summed E-state index contributed by atoms with van der Waals surface area (Å²) in [6, 6.07) is 11.1. The van der Waals surface area contributed by atoms with Gasteiger partial charge in [-0.3, -0.25) is 0 Å². The Hall–Kier alpha value is -4.38. The predicted molar refractivity (Wildman–Crippen MR) is 198 cm³/mol. The van der Waals surface area contributed by atoms with Crippen molar-refractivity contribution in [2.45, 2.75) is 76.2 Å². The molecule has 2 saturated heterocycles. The van der Waals surface area contributed by atoms with E-state index >= 15 is 0 Å². The van der Waals surface area contributed by atoms with Crippen molar-refractivity contribution in [2.24, 2.45) is 11.8 Å². The molecule has 15 heteroatoms. The number of hydrogen-bond acceptors (Lipinski definition) is 15. The maximum atomic E-state index is 10.5. The Morgan fingerprint density at radius 1 is 0.564 bits per heavy atom. The first-order valence-electron chi connectivity index (χ1n) is 18.0. The van der Waals surface area contributed by atoms with Gasteiger partial charge in [-0.2, -0.15) is 0 Å². The van der Waals surface area contributed by atoms with Gasteiger partial charge in [0.2, 0.25) is 23.5 Å². The lowest BCUT2D eigenvalue weighted by atomic mass is 9.85. The number of rotatable bonds is 16. The molecule has 10 atom stereocenters. The fourth-order valence-electron chi connectivity index (χ4n) is 7.19. The zero-order chi connectivity index (χ0) is 40.1. The monoisotopic (exact) mass is 774 g/mol. The molecule has 0 spiro atoms. The van der Waals surface area contributed by atoms with Gasteiger partial charge in [0.25, 0.3) is 0 Å². The summed E-state index contributed by atoms with van der Waals surface area (Å²) < 4.78 is 64.4. The van der Waals surface area contributed by atoms with Crippen molar-refractivity contribution in [3.8, 4) is 51.7 Å². The molecule has 5 rings (SSSR count). The Balaban J connectivity index is 1.36. The van der Waals surface area contributed by atoms with E-state index < -0.39 is 43.4 Å². The molecule has 2 aliphatic heterocycles. The summed E-state index contributed by atoms with van der Waals surface area (Å²) in [5.41, 5.74) is 2.54. The van der Waals surface area contributed by atoms with Crippen LogP contribution in [0.15, 0.2) is 36.4 Å². The first kappa shape index (κ1) is 41.8. The minimum absolute atomic E-state index is 0.0933. The maximum Gasteiger partial charge on any atom is 0.229 e. The van der Waals surface area contributed by atoms with Gasteiger partial charge in [-0.15, -0.1) is 0 Å². The van der Waals surface area contributed by atoms with Gasteiger partial charge in [0.1, 0.15) is 30.5 Å². The van der Waals surface area contributed by atoms with Gasteiger partial charge in [0.15, 0.2) is 34.5 Å². The second-order valence-electron chi connectivity index (χ2n) is 13.7. The number of aliphatic hydroxyl groups excluding tert-OH is 4. The van der Waals surface area contributed by atoms with Crippen molar-refractivity contribution >= 4 is 0 Å². The normalized spacial score (nSPS) is 26.8. The second kappa shape index (κ2) is 18.0. The van der Waals surface area contributed by atoms with Crippen molar-refractivity contribution in [3.63, 3.8) is 0 Å². The van der Waals surface area contributed by atoms with Gasteiger partial charge in [-0.25, -0.2) is 0 Å². The zero-order valence-corrected chi connectivity index (χ0v) is 32.9. The van der Waals surface area contributed by atoms with Crippen LogP contribution in [-0.2, 0) is 15.9 Å². The summed E-state index contributed by atoms with van der Waals surface area (Å²) >= 11 is 0. The first-order valence-corrected chi connectivity index (χ1v) is 18.0. The summed E-state index contributed by atoms with van der Waals surface area (Å²) in [4.78, 5) is 0. The third-order valence-electron chi connectivity index (χ3n) is 10.3. The Morgan fingerprint density at radius 3 is 1.42 bits per heavy atom. The van der Waals surface area contributed by atoms with Crippen LogP contribution >= 0.6 is 0 Å². The van der Waals surface area contributed by atoms with Crippen molar-refractivity contribution in [1.82, 2.24) is 0 Å². The molecular formula is C40H54O15. The molecule has 0 saturated carbocycles. The SMILES string of the molecule is COc1cc([C@H]2O[C@H](c3cc(OC)c(O[C@@H](C)Cc4cc(OC)c(O[C@@H]5O[C@H](CO)[C@@H](O)[C@H](O)[C@H]5O)c(OC)c4)c(OC)c3)[C@@H](C)[C@@H]2C)cc(OC)c1OC. The lowest BCUT2D eigenvalue weighted by Gasteiger charge is -2.39. The van der Waals surface area contributed by atoms with Crippen LogP contribution in [0.5, 0.6) is 51.7 Å². The number of hydrogen-bond donors (Lipinski definition) is 4. The zero-order valence-electron chi connectivity index (χ0n) is 32.9. The minimum atomic E-state index is -1.62. The summed E-state index contributed by atoms with van der Waals surface area (Å²) in [6.45, 7) is 5.61. The Morgan fingerprint density at radius 2 is 1.00 bits per heavy atom. The van der Waals surface area contributed by atoms with Gasteiger partial charge >= 0.3 is 0 Å². The van der Waals surface area contributed by atoms with Crippen LogP contribution in [0.1, 0.15) is 49.7 Å². The van der Waals surface area contributed by atoms with E-state index in [4.69, 9.17) is 52.1 Å². The van der Waals surface area contributed by atoms with Gasteiger partial charge in [-0.05, 0) is 71.8 Å². The molecule has 55 heavy (non-hydrogen) atoms. The molecule has 0 bridgehead atoms. The average molecular weight is 775 g/mol. The highest BCUT2D eigenvalue weighted by molar-refractivity contribution is 5.57. The number of methoxy groups -OCH3 is 7. The van der Waals surface area contributed by atoms with E-state index in [-0.39, 0.29) is 41.3 Å². The minimum Gasteiger partial charge on any atom is -0.493 e. The van der Waals surface area contributed by atoms with Crippen molar-refractivity contribution < 1.29 is 72.5 Å². The summed E-state index contributed by atoms with van der Waals surface area (Å²) in [6.07, 6.45) is -7.93. The summed E-state index contributed by atoms with van der Waals surface area (Å²) in [5, 5.41) is 40.6. The highest BCUT2D eigenvalue weighted by Crippen LogP contribution is 2.53. The van der Waals surface area contributed by atoms with Crippen LogP contribution in [0.2, 0.25) is 0 Å². The second-order valence-corrected chi connectivity index (χ2v) is 13.7. The largest absolute Gasteiger partial charge is 0.493 e. The molecule has 3 aromatic carbocycles. The molecule has 0 aliphatic carbocycles. The van der Waals surface area contributed by atoms with E-state index in [0.29, 0.717) is 40.9 Å². The highest BCUT2D eigenvalue weighted by atomic mass is 16.7.